The van der Waals surface area contributed by atoms with Crippen molar-refractivity contribution in [3.63, 3.8) is 0 Å². The molecule has 2 aromatic heterocycles. The predicted molar refractivity (Wildman–Crippen MR) is 70.0 cm³/mol. The van der Waals surface area contributed by atoms with Crippen LogP contribution in [0.5, 0.6) is 5.75 Å². The van der Waals surface area contributed by atoms with Crippen LogP contribution in [0.2, 0.25) is 0 Å². The Morgan fingerprint density at radius 2 is 2.16 bits per heavy atom. The van der Waals surface area contributed by atoms with Crippen LogP contribution in [0.3, 0.4) is 0 Å². The molecule has 0 fully saturated rings. The summed E-state index contributed by atoms with van der Waals surface area (Å²) in [7, 11) is 1.56. The van der Waals surface area contributed by atoms with Gasteiger partial charge in [0.2, 0.25) is 0 Å². The molecular formula is C13H15N3O3. The summed E-state index contributed by atoms with van der Waals surface area (Å²) in [5.74, 6) is 1.11. The minimum absolute atomic E-state index is 0.220. The molecule has 100 valence electrons. The SMILES string of the molecule is CCOCc1nc(-c2cncc(OC)c2)cc(=O)[nH]1. The van der Waals surface area contributed by atoms with E-state index < -0.39 is 0 Å². The van der Waals surface area contributed by atoms with Crippen LogP contribution in [0.4, 0.5) is 0 Å². The number of nitrogens with one attached hydrogen (secondary N) is 1. The average molecular weight is 261 g/mol. The maximum Gasteiger partial charge on any atom is 0.251 e. The molecule has 6 nitrogen and oxygen atoms in total. The fourth-order valence-corrected chi connectivity index (χ4v) is 1.59. The normalized spacial score (nSPS) is 10.4. The molecule has 0 bridgehead atoms. The molecule has 0 amide bonds. The quantitative estimate of drug-likeness (QED) is 0.879. The molecule has 2 heterocycles. The molecule has 1 N–H and O–H groups in total. The number of methoxy groups -OCH3 is 1. The Labute approximate surface area is 110 Å². The summed E-state index contributed by atoms with van der Waals surface area (Å²) >= 11 is 0. The van der Waals surface area contributed by atoms with Crippen LogP contribution in [0, 0.1) is 0 Å². The summed E-state index contributed by atoms with van der Waals surface area (Å²) in [6.07, 6.45) is 3.23. The minimum Gasteiger partial charge on any atom is -0.495 e. The summed E-state index contributed by atoms with van der Waals surface area (Å²) in [6.45, 7) is 2.72. The Morgan fingerprint density at radius 1 is 1.32 bits per heavy atom. The van der Waals surface area contributed by atoms with E-state index >= 15 is 0 Å². The van der Waals surface area contributed by atoms with Crippen molar-refractivity contribution in [1.29, 1.82) is 0 Å². The maximum absolute atomic E-state index is 11.6. The molecule has 2 rings (SSSR count). The van der Waals surface area contributed by atoms with Crippen LogP contribution in [0.15, 0.2) is 29.3 Å². The lowest BCUT2D eigenvalue weighted by Gasteiger charge is -2.05. The van der Waals surface area contributed by atoms with Crippen molar-refractivity contribution in [3.8, 4) is 17.0 Å². The smallest absolute Gasteiger partial charge is 0.251 e. The fourth-order valence-electron chi connectivity index (χ4n) is 1.59. The molecule has 0 aromatic carbocycles. The van der Waals surface area contributed by atoms with Crippen LogP contribution >= 0.6 is 0 Å². The van der Waals surface area contributed by atoms with Gasteiger partial charge in [0.1, 0.15) is 18.2 Å². The van der Waals surface area contributed by atoms with E-state index in [0.717, 1.165) is 5.56 Å². The number of pyridine rings is 1. The van der Waals surface area contributed by atoms with Crippen molar-refractivity contribution in [1.82, 2.24) is 15.0 Å². The van der Waals surface area contributed by atoms with E-state index in [4.69, 9.17) is 9.47 Å². The van der Waals surface area contributed by atoms with Gasteiger partial charge in [-0.15, -0.1) is 0 Å². The first-order valence-corrected chi connectivity index (χ1v) is 5.90. The third kappa shape index (κ3) is 3.38. The number of aromatic nitrogens is 3. The Hall–Kier alpha value is -2.21. The van der Waals surface area contributed by atoms with E-state index in [1.54, 1.807) is 25.6 Å². The van der Waals surface area contributed by atoms with Gasteiger partial charge in [0.25, 0.3) is 5.56 Å². The van der Waals surface area contributed by atoms with Crippen molar-refractivity contribution in [2.24, 2.45) is 0 Å². The Balaban J connectivity index is 2.37. The van der Waals surface area contributed by atoms with Gasteiger partial charge in [-0.3, -0.25) is 9.78 Å². The first-order chi connectivity index (χ1) is 9.22. The van der Waals surface area contributed by atoms with Crippen molar-refractivity contribution < 1.29 is 9.47 Å². The van der Waals surface area contributed by atoms with Crippen LogP contribution in [-0.2, 0) is 11.3 Å². The van der Waals surface area contributed by atoms with Gasteiger partial charge in [-0.1, -0.05) is 0 Å². The highest BCUT2D eigenvalue weighted by Crippen LogP contribution is 2.19. The van der Waals surface area contributed by atoms with E-state index in [2.05, 4.69) is 15.0 Å². The Bertz CT molecular complexity index is 610. The summed E-state index contributed by atoms with van der Waals surface area (Å²) < 4.78 is 10.3. The van der Waals surface area contributed by atoms with Crippen molar-refractivity contribution in [3.05, 3.63) is 40.7 Å². The van der Waals surface area contributed by atoms with Gasteiger partial charge in [0.15, 0.2) is 0 Å². The van der Waals surface area contributed by atoms with Gasteiger partial charge in [0.05, 0.1) is 19.0 Å². The van der Waals surface area contributed by atoms with Crippen molar-refractivity contribution in [2.75, 3.05) is 13.7 Å². The Morgan fingerprint density at radius 3 is 2.89 bits per heavy atom. The zero-order valence-corrected chi connectivity index (χ0v) is 10.8. The monoisotopic (exact) mass is 261 g/mol. The summed E-state index contributed by atoms with van der Waals surface area (Å²) in [5.41, 5.74) is 1.05. The highest BCUT2D eigenvalue weighted by Gasteiger charge is 2.06. The van der Waals surface area contributed by atoms with E-state index in [-0.39, 0.29) is 12.2 Å². The van der Waals surface area contributed by atoms with Gasteiger partial charge in [-0.25, -0.2) is 4.98 Å². The molecule has 0 saturated carbocycles. The number of H-pyrrole nitrogens is 1. The molecular weight excluding hydrogens is 246 g/mol. The highest BCUT2D eigenvalue weighted by molar-refractivity contribution is 5.59. The number of hydrogen-bond acceptors (Lipinski definition) is 5. The molecule has 19 heavy (non-hydrogen) atoms. The molecule has 0 aliphatic carbocycles. The number of nitrogens with zero attached hydrogens (tertiary/aromatic N) is 2. The van der Waals surface area contributed by atoms with Gasteiger partial charge in [-0.2, -0.15) is 0 Å². The van der Waals surface area contributed by atoms with Crippen LogP contribution in [0.1, 0.15) is 12.7 Å². The zero-order valence-electron chi connectivity index (χ0n) is 10.8. The summed E-state index contributed by atoms with van der Waals surface area (Å²) in [5, 5.41) is 0. The first-order valence-electron chi connectivity index (χ1n) is 5.90. The molecule has 0 spiro atoms. The third-order valence-electron chi connectivity index (χ3n) is 2.48. The van der Waals surface area contributed by atoms with Gasteiger partial charge in [-0.05, 0) is 13.0 Å². The lowest BCUT2D eigenvalue weighted by molar-refractivity contribution is 0.128. The largest absolute Gasteiger partial charge is 0.495 e. The lowest BCUT2D eigenvalue weighted by Crippen LogP contribution is -2.12. The maximum atomic E-state index is 11.6. The Kier molecular flexibility index (Phi) is 4.25. The highest BCUT2D eigenvalue weighted by atomic mass is 16.5. The molecule has 0 aliphatic heterocycles. The third-order valence-corrected chi connectivity index (χ3v) is 2.48. The van der Waals surface area contributed by atoms with E-state index in [1.165, 1.54) is 6.07 Å². The van der Waals surface area contributed by atoms with Gasteiger partial charge in [0, 0.05) is 24.4 Å². The minimum atomic E-state index is -0.220. The average Bonchev–Trinajstić information content (AvgIpc) is 2.44. The van der Waals surface area contributed by atoms with Gasteiger partial charge < -0.3 is 14.5 Å². The van der Waals surface area contributed by atoms with Gasteiger partial charge >= 0.3 is 0 Å². The number of rotatable bonds is 5. The van der Waals surface area contributed by atoms with Crippen LogP contribution in [-0.4, -0.2) is 28.7 Å². The zero-order chi connectivity index (χ0) is 13.7. The fraction of sp³-hybridized carbons (Fsp3) is 0.308. The molecule has 0 radical (unpaired) electrons. The summed E-state index contributed by atoms with van der Waals surface area (Å²) in [4.78, 5) is 22.6. The summed E-state index contributed by atoms with van der Waals surface area (Å²) in [6, 6.07) is 3.20. The second kappa shape index (κ2) is 6.10. The number of aromatic amines is 1. The van der Waals surface area contributed by atoms with E-state index in [1.807, 2.05) is 6.92 Å². The molecule has 0 atom stereocenters. The van der Waals surface area contributed by atoms with E-state index in [0.29, 0.717) is 23.9 Å². The first kappa shape index (κ1) is 13.2. The molecule has 0 unspecified atom stereocenters. The molecule has 0 saturated heterocycles. The van der Waals surface area contributed by atoms with Crippen LogP contribution in [0.25, 0.3) is 11.3 Å². The molecule has 2 aromatic rings. The lowest BCUT2D eigenvalue weighted by atomic mass is 10.2. The second-order valence-corrected chi connectivity index (χ2v) is 3.83. The number of ether oxygens (including phenoxy) is 2. The van der Waals surface area contributed by atoms with E-state index in [9.17, 15) is 4.79 Å². The second-order valence-electron chi connectivity index (χ2n) is 3.83. The van der Waals surface area contributed by atoms with Crippen molar-refractivity contribution >= 4 is 0 Å². The van der Waals surface area contributed by atoms with Crippen LogP contribution < -0.4 is 10.3 Å². The standard InChI is InChI=1S/C13H15N3O3/c1-3-19-8-12-15-11(5-13(17)16-12)9-4-10(18-2)7-14-6-9/h4-7H,3,8H2,1-2H3,(H,15,16,17). The molecule has 0 aliphatic rings. The van der Waals surface area contributed by atoms with Crippen molar-refractivity contribution in [2.45, 2.75) is 13.5 Å². The molecule has 6 heteroatoms. The predicted octanol–water partition coefficient (Wildman–Crippen LogP) is 1.38. The topological polar surface area (TPSA) is 77.1 Å². The number of hydrogen-bond donors (Lipinski definition) is 1.